The molecule has 0 atom stereocenters. The van der Waals surface area contributed by atoms with Gasteiger partial charge in [0.15, 0.2) is 0 Å². The van der Waals surface area contributed by atoms with Crippen LogP contribution in [0, 0.1) is 0 Å². The molecule has 0 radical (unpaired) electrons. The summed E-state index contributed by atoms with van der Waals surface area (Å²) in [7, 11) is 1.97. The first-order valence-corrected chi connectivity index (χ1v) is 6.82. The molecule has 2 aromatic rings. The Morgan fingerprint density at radius 2 is 2.35 bits per heavy atom. The Morgan fingerprint density at radius 1 is 1.53 bits per heavy atom. The number of hydrogen-bond donors (Lipinski definition) is 1. The number of nitrogens with two attached hydrogens (primary N) is 1. The average molecular weight is 313 g/mol. The zero-order valence-corrected chi connectivity index (χ0v) is 11.8. The monoisotopic (exact) mass is 312 g/mol. The molecular formula is C11H13BrN4S. The molecule has 0 fully saturated rings. The van der Waals surface area contributed by atoms with Crippen LogP contribution in [-0.2, 0) is 13.1 Å². The third-order valence-corrected chi connectivity index (χ3v) is 3.85. The molecule has 0 aromatic carbocycles. The predicted octanol–water partition coefficient (Wildman–Crippen LogP) is 2.40. The van der Waals surface area contributed by atoms with E-state index in [0.717, 1.165) is 16.0 Å². The standard InChI is InChI=1S/C11H13BrN4S/c1-16(6-8-4-10(12)17-7-8)11-14-3-2-9(5-13)15-11/h2-4,7H,5-6,13H2,1H3. The minimum Gasteiger partial charge on any atom is -0.340 e. The van der Waals surface area contributed by atoms with Crippen molar-refractivity contribution < 1.29 is 0 Å². The van der Waals surface area contributed by atoms with E-state index in [4.69, 9.17) is 5.73 Å². The van der Waals surface area contributed by atoms with E-state index in [-0.39, 0.29) is 0 Å². The van der Waals surface area contributed by atoms with Crippen molar-refractivity contribution >= 4 is 33.2 Å². The Morgan fingerprint density at radius 3 is 3.00 bits per heavy atom. The lowest BCUT2D eigenvalue weighted by atomic mass is 10.3. The van der Waals surface area contributed by atoms with E-state index < -0.39 is 0 Å². The third kappa shape index (κ3) is 3.24. The number of nitrogens with zero attached hydrogens (tertiary/aromatic N) is 3. The number of thiophene rings is 1. The second-order valence-corrected chi connectivity index (χ2v) is 5.96. The molecule has 0 aliphatic heterocycles. The second kappa shape index (κ2) is 5.57. The maximum Gasteiger partial charge on any atom is 0.225 e. The van der Waals surface area contributed by atoms with Crippen LogP contribution in [-0.4, -0.2) is 17.0 Å². The third-order valence-electron chi connectivity index (χ3n) is 2.29. The van der Waals surface area contributed by atoms with E-state index in [1.54, 1.807) is 17.5 Å². The molecule has 2 heterocycles. The Labute approximate surface area is 113 Å². The lowest BCUT2D eigenvalue weighted by Gasteiger charge is -2.16. The van der Waals surface area contributed by atoms with Gasteiger partial charge in [-0.15, -0.1) is 11.3 Å². The second-order valence-electron chi connectivity index (χ2n) is 3.67. The summed E-state index contributed by atoms with van der Waals surface area (Å²) in [5, 5.41) is 2.12. The molecule has 2 rings (SSSR count). The van der Waals surface area contributed by atoms with Gasteiger partial charge < -0.3 is 10.6 Å². The van der Waals surface area contributed by atoms with Crippen LogP contribution in [0.25, 0.3) is 0 Å². The highest BCUT2D eigenvalue weighted by atomic mass is 79.9. The van der Waals surface area contributed by atoms with Crippen molar-refractivity contribution in [3.05, 3.63) is 38.8 Å². The molecule has 0 bridgehead atoms. The summed E-state index contributed by atoms with van der Waals surface area (Å²) in [6.45, 7) is 1.23. The first-order valence-electron chi connectivity index (χ1n) is 5.15. The van der Waals surface area contributed by atoms with Gasteiger partial charge in [0, 0.05) is 26.3 Å². The molecule has 0 saturated heterocycles. The summed E-state index contributed by atoms with van der Waals surface area (Å²) >= 11 is 5.13. The number of aromatic nitrogens is 2. The molecule has 0 spiro atoms. The minimum absolute atomic E-state index is 0.438. The van der Waals surface area contributed by atoms with Crippen LogP contribution in [0.4, 0.5) is 5.95 Å². The van der Waals surface area contributed by atoms with Gasteiger partial charge in [0.1, 0.15) is 0 Å². The average Bonchev–Trinajstić information content (AvgIpc) is 2.75. The lowest BCUT2D eigenvalue weighted by molar-refractivity contribution is 0.847. The van der Waals surface area contributed by atoms with Crippen LogP contribution < -0.4 is 10.6 Å². The number of rotatable bonds is 4. The van der Waals surface area contributed by atoms with Gasteiger partial charge in [-0.1, -0.05) is 0 Å². The highest BCUT2D eigenvalue weighted by molar-refractivity contribution is 9.11. The number of anilines is 1. The minimum atomic E-state index is 0.438. The maximum absolute atomic E-state index is 5.56. The molecule has 4 nitrogen and oxygen atoms in total. The molecule has 0 amide bonds. The molecule has 6 heteroatoms. The molecule has 0 saturated carbocycles. The summed E-state index contributed by atoms with van der Waals surface area (Å²) < 4.78 is 1.14. The first kappa shape index (κ1) is 12.5. The van der Waals surface area contributed by atoms with Gasteiger partial charge in [0.05, 0.1) is 9.48 Å². The topological polar surface area (TPSA) is 55.0 Å². The summed E-state index contributed by atoms with van der Waals surface area (Å²) in [4.78, 5) is 10.6. The highest BCUT2D eigenvalue weighted by Crippen LogP contribution is 2.22. The quantitative estimate of drug-likeness (QED) is 0.942. The summed E-state index contributed by atoms with van der Waals surface area (Å²) in [6, 6.07) is 3.94. The van der Waals surface area contributed by atoms with Gasteiger partial charge in [-0.3, -0.25) is 0 Å². The zero-order chi connectivity index (χ0) is 12.3. The van der Waals surface area contributed by atoms with Crippen molar-refractivity contribution in [1.29, 1.82) is 0 Å². The molecule has 0 aliphatic rings. The van der Waals surface area contributed by atoms with Gasteiger partial charge >= 0.3 is 0 Å². The van der Waals surface area contributed by atoms with E-state index >= 15 is 0 Å². The van der Waals surface area contributed by atoms with E-state index in [9.17, 15) is 0 Å². The Balaban J connectivity index is 2.11. The van der Waals surface area contributed by atoms with Crippen molar-refractivity contribution in [1.82, 2.24) is 9.97 Å². The van der Waals surface area contributed by atoms with Gasteiger partial charge in [-0.2, -0.15) is 0 Å². The molecule has 17 heavy (non-hydrogen) atoms. The largest absolute Gasteiger partial charge is 0.340 e. The van der Waals surface area contributed by atoms with Crippen LogP contribution in [0.3, 0.4) is 0 Å². The lowest BCUT2D eigenvalue weighted by Crippen LogP contribution is -2.19. The van der Waals surface area contributed by atoms with Crippen LogP contribution >= 0.6 is 27.3 Å². The van der Waals surface area contributed by atoms with E-state index in [2.05, 4.69) is 37.3 Å². The van der Waals surface area contributed by atoms with E-state index in [0.29, 0.717) is 12.5 Å². The maximum atomic E-state index is 5.56. The first-order chi connectivity index (χ1) is 8.19. The summed E-state index contributed by atoms with van der Waals surface area (Å²) in [5.74, 6) is 0.704. The zero-order valence-electron chi connectivity index (χ0n) is 9.43. The molecule has 0 aliphatic carbocycles. The van der Waals surface area contributed by atoms with Crippen molar-refractivity contribution in [3.63, 3.8) is 0 Å². The summed E-state index contributed by atoms with van der Waals surface area (Å²) in [5.41, 5.74) is 7.66. The van der Waals surface area contributed by atoms with Crippen LogP contribution in [0.2, 0.25) is 0 Å². The Hall–Kier alpha value is -0.980. The van der Waals surface area contributed by atoms with Crippen molar-refractivity contribution in [3.8, 4) is 0 Å². The predicted molar refractivity (Wildman–Crippen MR) is 74.0 cm³/mol. The number of halogens is 1. The van der Waals surface area contributed by atoms with Gasteiger partial charge in [0.25, 0.3) is 0 Å². The van der Waals surface area contributed by atoms with Crippen LogP contribution in [0.15, 0.2) is 27.5 Å². The van der Waals surface area contributed by atoms with Crippen LogP contribution in [0.1, 0.15) is 11.3 Å². The molecular weight excluding hydrogens is 300 g/mol. The van der Waals surface area contributed by atoms with Crippen molar-refractivity contribution in [2.24, 2.45) is 5.73 Å². The van der Waals surface area contributed by atoms with Crippen LogP contribution in [0.5, 0.6) is 0 Å². The van der Waals surface area contributed by atoms with Gasteiger partial charge in [-0.05, 0) is 39.0 Å². The Bertz CT molecular complexity index is 500. The van der Waals surface area contributed by atoms with Gasteiger partial charge in [0.2, 0.25) is 5.95 Å². The smallest absolute Gasteiger partial charge is 0.225 e. The summed E-state index contributed by atoms with van der Waals surface area (Å²) in [6.07, 6.45) is 1.74. The van der Waals surface area contributed by atoms with Crippen molar-refractivity contribution in [2.45, 2.75) is 13.1 Å². The van der Waals surface area contributed by atoms with E-state index in [1.165, 1.54) is 5.56 Å². The fraction of sp³-hybridized carbons (Fsp3) is 0.273. The molecule has 90 valence electrons. The molecule has 0 unspecified atom stereocenters. The fourth-order valence-corrected chi connectivity index (χ4v) is 2.66. The number of hydrogen-bond acceptors (Lipinski definition) is 5. The Kier molecular flexibility index (Phi) is 4.09. The fourth-order valence-electron chi connectivity index (χ4n) is 1.46. The normalized spacial score (nSPS) is 10.5. The van der Waals surface area contributed by atoms with Crippen molar-refractivity contribution in [2.75, 3.05) is 11.9 Å². The van der Waals surface area contributed by atoms with Gasteiger partial charge in [-0.25, -0.2) is 9.97 Å². The SMILES string of the molecule is CN(Cc1csc(Br)c1)c1nccc(CN)n1. The van der Waals surface area contributed by atoms with E-state index in [1.807, 2.05) is 18.0 Å². The molecule has 2 aromatic heterocycles. The molecule has 2 N–H and O–H groups in total. The highest BCUT2D eigenvalue weighted by Gasteiger charge is 2.07.